The van der Waals surface area contributed by atoms with Crippen LogP contribution < -0.4 is 14.1 Å². The number of para-hydroxylation sites is 1. The van der Waals surface area contributed by atoms with Crippen LogP contribution in [0.25, 0.3) is 0 Å². The fourth-order valence-electron chi connectivity index (χ4n) is 3.32. The Morgan fingerprint density at radius 1 is 0.967 bits per heavy atom. The molecule has 1 fully saturated rings. The molecule has 1 aliphatic heterocycles. The van der Waals surface area contributed by atoms with Crippen molar-refractivity contribution < 1.29 is 14.3 Å². The number of hydrogen-bond acceptors (Lipinski definition) is 6. The molecule has 0 saturated carbocycles. The number of ether oxygens (including phenoxy) is 2. The van der Waals surface area contributed by atoms with Gasteiger partial charge in [0.1, 0.15) is 13.1 Å². The van der Waals surface area contributed by atoms with Crippen LogP contribution in [0.15, 0.2) is 60.7 Å². The number of likely N-dealkylation sites (N-methyl/N-ethyl adjacent to an activating group) is 1. The monoisotopic (exact) mass is 406 g/mol. The summed E-state index contributed by atoms with van der Waals surface area (Å²) < 4.78 is 11.3. The number of methoxy groups -OCH3 is 1. The predicted molar refractivity (Wildman–Crippen MR) is 114 cm³/mol. The van der Waals surface area contributed by atoms with Crippen LogP contribution in [0.5, 0.6) is 6.01 Å². The van der Waals surface area contributed by atoms with Gasteiger partial charge >= 0.3 is 12.0 Å². The van der Waals surface area contributed by atoms with Gasteiger partial charge in [-0.25, -0.2) is 4.90 Å². The lowest BCUT2D eigenvalue weighted by molar-refractivity contribution is 0.0493. The van der Waals surface area contributed by atoms with Crippen molar-refractivity contribution in [2.45, 2.75) is 0 Å². The first kappa shape index (κ1) is 19.9. The van der Waals surface area contributed by atoms with Crippen LogP contribution in [0.1, 0.15) is 10.4 Å². The Morgan fingerprint density at radius 2 is 1.60 bits per heavy atom. The molecule has 30 heavy (non-hydrogen) atoms. The molecule has 0 radical (unpaired) electrons. The van der Waals surface area contributed by atoms with E-state index in [0.29, 0.717) is 34.9 Å². The molecular formula is C22H24N5O3+. The summed E-state index contributed by atoms with van der Waals surface area (Å²) in [5.41, 5.74) is 1.20. The minimum atomic E-state index is -0.231. The third-order valence-electron chi connectivity index (χ3n) is 5.15. The molecule has 154 valence electrons. The molecule has 0 bridgehead atoms. The van der Waals surface area contributed by atoms with Crippen molar-refractivity contribution in [1.82, 2.24) is 19.4 Å². The Kier molecular flexibility index (Phi) is 5.69. The summed E-state index contributed by atoms with van der Waals surface area (Å²) in [7, 11) is 3.56. The van der Waals surface area contributed by atoms with Crippen LogP contribution in [-0.4, -0.2) is 61.3 Å². The number of anilines is 2. The van der Waals surface area contributed by atoms with Crippen LogP contribution in [0.3, 0.4) is 0 Å². The molecule has 1 saturated heterocycles. The van der Waals surface area contributed by atoms with Gasteiger partial charge < -0.3 is 9.47 Å². The van der Waals surface area contributed by atoms with Crippen molar-refractivity contribution in [3.63, 3.8) is 0 Å². The van der Waals surface area contributed by atoms with Gasteiger partial charge in [0.2, 0.25) is 5.95 Å². The Balaban J connectivity index is 1.84. The largest absolute Gasteiger partial charge is 0.467 e. The molecule has 0 atom stereocenters. The molecule has 0 unspecified atom stereocenters. The Bertz CT molecular complexity index is 1010. The van der Waals surface area contributed by atoms with Crippen LogP contribution in [0, 0.1) is 0 Å². The molecule has 1 amide bonds. The number of amides is 1. The third kappa shape index (κ3) is 4.00. The van der Waals surface area contributed by atoms with E-state index in [1.165, 1.54) is 12.0 Å². The molecule has 2 aromatic carbocycles. The van der Waals surface area contributed by atoms with Crippen molar-refractivity contribution in [3.05, 3.63) is 66.2 Å². The molecule has 8 nitrogen and oxygen atoms in total. The lowest BCUT2D eigenvalue weighted by Gasteiger charge is -2.34. The van der Waals surface area contributed by atoms with Gasteiger partial charge in [0.15, 0.2) is 0 Å². The number of carbonyl (C=O) groups is 1. The zero-order chi connectivity index (χ0) is 21.0. The number of nitrogens with zero attached hydrogens (tertiary/aromatic N) is 5. The van der Waals surface area contributed by atoms with E-state index in [9.17, 15) is 4.79 Å². The van der Waals surface area contributed by atoms with Gasteiger partial charge in [-0.3, -0.25) is 9.28 Å². The van der Waals surface area contributed by atoms with Crippen molar-refractivity contribution in [2.75, 3.05) is 45.4 Å². The second-order valence-corrected chi connectivity index (χ2v) is 7.22. The standard InChI is InChI=1S/C22H24N5O3/c1-27(13-15-30-16-14-27)21-23-20(24-22(25-21)29-2)26(18-11-7-4-8-12-18)19(28)17-9-5-3-6-10-17/h3-12H,13-16H2,1-2H3/q+1. The van der Waals surface area contributed by atoms with Crippen LogP contribution >= 0.6 is 0 Å². The Labute approximate surface area is 175 Å². The highest BCUT2D eigenvalue weighted by Crippen LogP contribution is 2.29. The topological polar surface area (TPSA) is 77.4 Å². The molecule has 1 aromatic heterocycles. The van der Waals surface area contributed by atoms with Gasteiger partial charge in [-0.15, -0.1) is 9.97 Å². The Morgan fingerprint density at radius 3 is 2.23 bits per heavy atom. The first-order valence-corrected chi connectivity index (χ1v) is 9.78. The molecule has 0 spiro atoms. The predicted octanol–water partition coefficient (Wildman–Crippen LogP) is 2.83. The average molecular weight is 406 g/mol. The molecule has 4 rings (SSSR count). The van der Waals surface area contributed by atoms with Crippen molar-refractivity contribution in [3.8, 4) is 6.01 Å². The van der Waals surface area contributed by atoms with Crippen molar-refractivity contribution in [2.24, 2.45) is 0 Å². The fourth-order valence-corrected chi connectivity index (χ4v) is 3.32. The van der Waals surface area contributed by atoms with Gasteiger partial charge in [-0.1, -0.05) is 36.4 Å². The van der Waals surface area contributed by atoms with E-state index in [1.807, 2.05) is 55.6 Å². The summed E-state index contributed by atoms with van der Waals surface area (Å²) in [6.07, 6.45) is 0. The second-order valence-electron chi connectivity index (χ2n) is 7.22. The maximum Gasteiger partial charge on any atom is 0.336 e. The lowest BCUT2D eigenvalue weighted by Crippen LogP contribution is -2.54. The zero-order valence-corrected chi connectivity index (χ0v) is 17.1. The highest BCUT2D eigenvalue weighted by Gasteiger charge is 2.34. The van der Waals surface area contributed by atoms with E-state index in [-0.39, 0.29) is 17.9 Å². The van der Waals surface area contributed by atoms with Gasteiger partial charge in [0, 0.05) is 5.56 Å². The van der Waals surface area contributed by atoms with Crippen LogP contribution in [0.4, 0.5) is 17.6 Å². The maximum absolute atomic E-state index is 13.5. The lowest BCUT2D eigenvalue weighted by atomic mass is 10.2. The van der Waals surface area contributed by atoms with Crippen LogP contribution in [0.2, 0.25) is 0 Å². The number of rotatable bonds is 5. The zero-order valence-electron chi connectivity index (χ0n) is 17.1. The van der Waals surface area contributed by atoms with Crippen molar-refractivity contribution >= 4 is 23.5 Å². The maximum atomic E-state index is 13.5. The fraction of sp³-hybridized carbons (Fsp3) is 0.273. The number of carbonyl (C=O) groups excluding carboxylic acids is 1. The van der Waals surface area contributed by atoms with E-state index < -0.39 is 0 Å². The number of morpholine rings is 1. The molecule has 1 aliphatic rings. The summed E-state index contributed by atoms with van der Waals surface area (Å²) in [6.45, 7) is 2.69. The number of aromatic nitrogens is 3. The number of quaternary nitrogens is 1. The first-order chi connectivity index (χ1) is 14.6. The van der Waals surface area contributed by atoms with E-state index in [0.717, 1.165) is 13.1 Å². The SMILES string of the molecule is COc1nc(N(C(=O)c2ccccc2)c2ccccc2)nc([N+]2(C)CCOCC2)n1. The molecule has 0 aliphatic carbocycles. The highest BCUT2D eigenvalue weighted by molar-refractivity contribution is 6.09. The van der Waals surface area contributed by atoms with E-state index in [2.05, 4.69) is 9.97 Å². The molecule has 0 N–H and O–H groups in total. The van der Waals surface area contributed by atoms with Crippen LogP contribution in [-0.2, 0) is 4.74 Å². The summed E-state index contributed by atoms with van der Waals surface area (Å²) in [5.74, 6) is 0.537. The molecular weight excluding hydrogens is 382 g/mol. The first-order valence-electron chi connectivity index (χ1n) is 9.78. The normalized spacial score (nSPS) is 15.4. The minimum absolute atomic E-state index is 0.169. The quantitative estimate of drug-likeness (QED) is 0.607. The molecule has 3 aromatic rings. The van der Waals surface area contributed by atoms with E-state index in [1.54, 1.807) is 12.1 Å². The molecule has 2 heterocycles. The van der Waals surface area contributed by atoms with E-state index in [4.69, 9.17) is 14.5 Å². The van der Waals surface area contributed by atoms with Gasteiger partial charge in [-0.2, -0.15) is 4.98 Å². The van der Waals surface area contributed by atoms with Gasteiger partial charge in [0.25, 0.3) is 5.91 Å². The summed E-state index contributed by atoms with van der Waals surface area (Å²) >= 11 is 0. The minimum Gasteiger partial charge on any atom is -0.467 e. The summed E-state index contributed by atoms with van der Waals surface area (Å²) in [5, 5.41) is 0. The second kappa shape index (κ2) is 8.56. The van der Waals surface area contributed by atoms with E-state index >= 15 is 0 Å². The highest BCUT2D eigenvalue weighted by atomic mass is 16.5. The smallest absolute Gasteiger partial charge is 0.336 e. The average Bonchev–Trinajstić information content (AvgIpc) is 2.81. The Hall–Kier alpha value is -3.36. The summed E-state index contributed by atoms with van der Waals surface area (Å²) in [6, 6.07) is 18.6. The number of benzene rings is 2. The third-order valence-corrected chi connectivity index (χ3v) is 5.15. The van der Waals surface area contributed by atoms with Gasteiger partial charge in [-0.05, 0) is 24.3 Å². The molecule has 8 heteroatoms. The van der Waals surface area contributed by atoms with Gasteiger partial charge in [0.05, 0.1) is 33.1 Å². The number of hydrogen-bond donors (Lipinski definition) is 0. The summed E-state index contributed by atoms with van der Waals surface area (Å²) in [4.78, 5) is 28.6. The van der Waals surface area contributed by atoms with Crippen molar-refractivity contribution in [1.29, 1.82) is 0 Å².